The third-order valence-electron chi connectivity index (χ3n) is 4.73. The van der Waals surface area contributed by atoms with Crippen LogP contribution in [-0.4, -0.2) is 112 Å². The van der Waals surface area contributed by atoms with Crippen LogP contribution in [0.5, 0.6) is 0 Å². The van der Waals surface area contributed by atoms with Crippen molar-refractivity contribution in [2.75, 3.05) is 79.7 Å². The van der Waals surface area contributed by atoms with Gasteiger partial charge in [-0.1, -0.05) is 0 Å². The molecule has 1 amide bonds. The van der Waals surface area contributed by atoms with Crippen molar-refractivity contribution in [2.45, 2.75) is 19.4 Å². The Bertz CT molecular complexity index is 435. The first kappa shape index (κ1) is 19.9. The van der Waals surface area contributed by atoms with Gasteiger partial charge in [-0.15, -0.1) is 0 Å². The van der Waals surface area contributed by atoms with E-state index in [9.17, 15) is 4.79 Å². The number of carbonyl (C=O) groups excluding carboxylic acids is 1. The Balaban J connectivity index is 1.80. The van der Waals surface area contributed by atoms with Gasteiger partial charge < -0.3 is 20.3 Å². The van der Waals surface area contributed by atoms with Crippen molar-refractivity contribution in [3.05, 3.63) is 0 Å². The van der Waals surface area contributed by atoms with E-state index in [2.05, 4.69) is 25.4 Å². The van der Waals surface area contributed by atoms with E-state index in [0.29, 0.717) is 12.0 Å². The fourth-order valence-electron chi connectivity index (χ4n) is 3.12. The van der Waals surface area contributed by atoms with E-state index < -0.39 is 0 Å². The van der Waals surface area contributed by atoms with Crippen molar-refractivity contribution < 1.29 is 9.53 Å². The molecule has 0 aliphatic carbocycles. The predicted octanol–water partition coefficient (Wildman–Crippen LogP) is -0.964. The van der Waals surface area contributed by atoms with Crippen LogP contribution >= 0.6 is 0 Å². The van der Waals surface area contributed by atoms with Crippen molar-refractivity contribution in [3.8, 4) is 0 Å². The van der Waals surface area contributed by atoms with Gasteiger partial charge in [-0.2, -0.15) is 0 Å². The second-order valence-corrected chi connectivity index (χ2v) is 6.80. The molecule has 0 radical (unpaired) electrons. The number of ether oxygens (including phenoxy) is 1. The van der Waals surface area contributed by atoms with Gasteiger partial charge in [0.05, 0.1) is 0 Å². The molecule has 144 valence electrons. The molecule has 1 unspecified atom stereocenters. The van der Waals surface area contributed by atoms with Crippen molar-refractivity contribution in [2.24, 2.45) is 4.99 Å². The number of piperazine rings is 3. The molecule has 0 saturated carbocycles. The smallest absolute Gasteiger partial charge is 0.243 e. The number of likely N-dealkylation sites (N-methyl/N-ethyl adjacent to an activating group) is 1. The van der Waals surface area contributed by atoms with Crippen LogP contribution in [0.25, 0.3) is 0 Å². The van der Waals surface area contributed by atoms with E-state index in [1.807, 2.05) is 6.92 Å². The first-order valence-corrected chi connectivity index (χ1v) is 9.36. The summed E-state index contributed by atoms with van der Waals surface area (Å²) < 4.78 is 5.36. The van der Waals surface area contributed by atoms with E-state index >= 15 is 0 Å². The van der Waals surface area contributed by atoms with E-state index in [1.165, 1.54) is 13.1 Å². The van der Waals surface area contributed by atoms with Crippen LogP contribution in [0.1, 0.15) is 13.3 Å². The third kappa shape index (κ3) is 6.80. The number of hydrogen-bond donors (Lipinski definition) is 2. The fraction of sp³-hybridized carbons (Fsp3) is 0.882. The van der Waals surface area contributed by atoms with E-state index in [1.54, 1.807) is 19.0 Å². The van der Waals surface area contributed by atoms with Crippen LogP contribution in [0.15, 0.2) is 4.99 Å². The Morgan fingerprint density at radius 1 is 1.24 bits per heavy atom. The van der Waals surface area contributed by atoms with Gasteiger partial charge in [0.15, 0.2) is 5.96 Å². The maximum absolute atomic E-state index is 11.8. The van der Waals surface area contributed by atoms with Crippen molar-refractivity contribution in [3.63, 3.8) is 0 Å². The Hall–Kier alpha value is -1.38. The lowest BCUT2D eigenvalue weighted by atomic mass is 10.1. The molecule has 3 aliphatic rings. The molecule has 0 aromatic rings. The maximum atomic E-state index is 11.8. The molecule has 8 nitrogen and oxygen atoms in total. The number of nitrogens with zero attached hydrogens (tertiary/aromatic N) is 4. The summed E-state index contributed by atoms with van der Waals surface area (Å²) in [5.74, 6) is 0.714. The number of nitrogens with one attached hydrogen (secondary N) is 2. The summed E-state index contributed by atoms with van der Waals surface area (Å²) in [6, 6.07) is 0.516. The average molecular weight is 354 g/mol. The summed E-state index contributed by atoms with van der Waals surface area (Å²) in [6.45, 7) is 11.1. The van der Waals surface area contributed by atoms with Crippen LogP contribution in [0.2, 0.25) is 0 Å². The van der Waals surface area contributed by atoms with E-state index in [0.717, 1.165) is 52.4 Å². The molecule has 2 bridgehead atoms. The quantitative estimate of drug-likeness (QED) is 0.316. The molecule has 8 heteroatoms. The summed E-state index contributed by atoms with van der Waals surface area (Å²) in [7, 11) is 3.50. The first-order valence-electron chi connectivity index (χ1n) is 9.36. The molecule has 25 heavy (non-hydrogen) atoms. The number of rotatable bonds is 9. The summed E-state index contributed by atoms with van der Waals surface area (Å²) in [5.41, 5.74) is 0. The molecular formula is C17H34N6O2. The zero-order valence-electron chi connectivity index (χ0n) is 16.0. The average Bonchev–Trinajstić information content (AvgIpc) is 2.63. The molecule has 0 spiro atoms. The van der Waals surface area contributed by atoms with Gasteiger partial charge >= 0.3 is 0 Å². The second kappa shape index (κ2) is 10.6. The largest absolute Gasteiger partial charge is 0.382 e. The molecule has 3 saturated heterocycles. The highest BCUT2D eigenvalue weighted by molar-refractivity contribution is 5.84. The summed E-state index contributed by atoms with van der Waals surface area (Å²) >= 11 is 0. The lowest BCUT2D eigenvalue weighted by Crippen LogP contribution is -2.63. The fourth-order valence-corrected chi connectivity index (χ4v) is 3.12. The lowest BCUT2D eigenvalue weighted by molar-refractivity contribution is -0.127. The van der Waals surface area contributed by atoms with Crippen molar-refractivity contribution in [1.82, 2.24) is 25.3 Å². The Labute approximate surface area is 151 Å². The van der Waals surface area contributed by atoms with Crippen LogP contribution < -0.4 is 10.6 Å². The third-order valence-corrected chi connectivity index (χ3v) is 4.73. The van der Waals surface area contributed by atoms with Gasteiger partial charge in [-0.25, -0.2) is 4.99 Å². The van der Waals surface area contributed by atoms with Crippen molar-refractivity contribution in [1.29, 1.82) is 0 Å². The van der Waals surface area contributed by atoms with Gasteiger partial charge in [0, 0.05) is 79.2 Å². The number of fused-ring (bicyclic) bond motifs is 3. The number of hydrogen-bond acceptors (Lipinski definition) is 5. The second-order valence-electron chi connectivity index (χ2n) is 6.80. The molecule has 2 N–H and O–H groups in total. The minimum atomic E-state index is 0.00185. The number of amides is 1. The highest BCUT2D eigenvalue weighted by atomic mass is 16.5. The molecular weight excluding hydrogens is 320 g/mol. The van der Waals surface area contributed by atoms with Crippen molar-refractivity contribution >= 4 is 11.9 Å². The van der Waals surface area contributed by atoms with Crippen LogP contribution in [-0.2, 0) is 9.53 Å². The summed E-state index contributed by atoms with van der Waals surface area (Å²) in [4.78, 5) is 22.9. The van der Waals surface area contributed by atoms with Gasteiger partial charge in [-0.3, -0.25) is 14.6 Å². The summed E-state index contributed by atoms with van der Waals surface area (Å²) in [5, 5.41) is 6.73. The molecule has 0 aromatic heterocycles. The molecule has 0 aromatic carbocycles. The monoisotopic (exact) mass is 354 g/mol. The standard InChI is InChI=1S/C17H34N6O2/c1-4-25-11-5-6-18-17(20-13-16(24)21(2)3)19-12-15-14-22-7-9-23(15)10-8-22/h15H,4-14H2,1-3H3,(H2,18,19,20). The van der Waals surface area contributed by atoms with Gasteiger partial charge in [0.2, 0.25) is 5.91 Å². The normalized spacial score (nSPS) is 25.7. The Morgan fingerprint density at radius 3 is 2.60 bits per heavy atom. The predicted molar refractivity (Wildman–Crippen MR) is 99.9 cm³/mol. The van der Waals surface area contributed by atoms with Crippen LogP contribution in [0.3, 0.4) is 0 Å². The minimum Gasteiger partial charge on any atom is -0.382 e. The maximum Gasteiger partial charge on any atom is 0.243 e. The lowest BCUT2D eigenvalue weighted by Gasteiger charge is -2.47. The van der Waals surface area contributed by atoms with Crippen LogP contribution in [0, 0.1) is 0 Å². The highest BCUT2D eigenvalue weighted by Gasteiger charge is 2.31. The van der Waals surface area contributed by atoms with Gasteiger partial charge in [0.1, 0.15) is 6.54 Å². The molecule has 3 heterocycles. The van der Waals surface area contributed by atoms with Gasteiger partial charge in [-0.05, 0) is 13.3 Å². The van der Waals surface area contributed by atoms with Gasteiger partial charge in [0.25, 0.3) is 0 Å². The zero-order chi connectivity index (χ0) is 18.1. The topological polar surface area (TPSA) is 72.4 Å². The Kier molecular flexibility index (Phi) is 8.43. The number of guanidine groups is 1. The van der Waals surface area contributed by atoms with E-state index in [4.69, 9.17) is 4.74 Å². The Morgan fingerprint density at radius 2 is 2.00 bits per heavy atom. The highest BCUT2D eigenvalue weighted by Crippen LogP contribution is 2.14. The molecule has 3 rings (SSSR count). The minimum absolute atomic E-state index is 0.00185. The summed E-state index contributed by atoms with van der Waals surface area (Å²) in [6.07, 6.45) is 0.916. The first-order chi connectivity index (χ1) is 12.1. The SMILES string of the molecule is CCOCCCNC(=NCC(=O)N(C)C)NCC1CN2CCN1CC2. The molecule has 3 fully saturated rings. The zero-order valence-corrected chi connectivity index (χ0v) is 16.0. The molecule has 1 atom stereocenters. The van der Waals surface area contributed by atoms with Crippen LogP contribution in [0.4, 0.5) is 0 Å². The number of aliphatic imine (C=N–C) groups is 1. The van der Waals surface area contributed by atoms with E-state index in [-0.39, 0.29) is 12.5 Å². The number of carbonyl (C=O) groups is 1. The molecule has 3 aliphatic heterocycles.